The third-order valence-corrected chi connectivity index (χ3v) is 5.21. The zero-order chi connectivity index (χ0) is 19.4. The summed E-state index contributed by atoms with van der Waals surface area (Å²) in [5.74, 6) is 0.933. The number of benzene rings is 2. The summed E-state index contributed by atoms with van der Waals surface area (Å²) in [7, 11) is 3.13. The van der Waals surface area contributed by atoms with Gasteiger partial charge in [-0.05, 0) is 53.7 Å². The molecule has 0 saturated carbocycles. The van der Waals surface area contributed by atoms with Gasteiger partial charge in [0.15, 0.2) is 15.8 Å². The van der Waals surface area contributed by atoms with E-state index in [2.05, 4.69) is 5.10 Å². The van der Waals surface area contributed by atoms with Crippen LogP contribution >= 0.6 is 35.6 Å². The quantitative estimate of drug-likeness (QED) is 0.403. The lowest BCUT2D eigenvalue weighted by Crippen LogP contribution is -2.22. The van der Waals surface area contributed by atoms with Crippen molar-refractivity contribution >= 4 is 58.1 Å². The number of thiocarbonyl (C=S) groups is 1. The molecule has 2 aromatic carbocycles. The Labute approximate surface area is 171 Å². The van der Waals surface area contributed by atoms with Crippen LogP contribution in [-0.4, -0.2) is 35.7 Å². The Morgan fingerprint density at radius 1 is 1.07 bits per heavy atom. The summed E-state index contributed by atoms with van der Waals surface area (Å²) < 4.78 is 10.9. The van der Waals surface area contributed by atoms with Crippen molar-refractivity contribution in [3.05, 3.63) is 63.5 Å². The number of hydrogen-bond donors (Lipinski definition) is 0. The first-order valence-electron chi connectivity index (χ1n) is 7.81. The molecule has 0 radical (unpaired) electrons. The Morgan fingerprint density at radius 2 is 1.74 bits per heavy atom. The first kappa shape index (κ1) is 19.4. The minimum atomic E-state index is -0.273. The molecule has 0 aliphatic carbocycles. The zero-order valence-corrected chi connectivity index (χ0v) is 16.9. The molecule has 138 valence electrons. The monoisotopic (exact) mass is 418 g/mol. The minimum Gasteiger partial charge on any atom is -0.493 e. The molecule has 1 amide bonds. The number of hydrazone groups is 1. The van der Waals surface area contributed by atoms with Gasteiger partial charge in [-0.3, -0.25) is 4.79 Å². The number of rotatable bonds is 5. The predicted octanol–water partition coefficient (Wildman–Crippen LogP) is 4.59. The smallest absolute Gasteiger partial charge is 0.286 e. The van der Waals surface area contributed by atoms with Crippen molar-refractivity contribution in [1.82, 2.24) is 5.01 Å². The molecule has 1 aliphatic rings. The van der Waals surface area contributed by atoms with Crippen molar-refractivity contribution in [1.29, 1.82) is 0 Å². The van der Waals surface area contributed by atoms with Crippen LogP contribution in [0.3, 0.4) is 0 Å². The average Bonchev–Trinajstić information content (AvgIpc) is 2.94. The number of ether oxygens (including phenoxy) is 2. The normalized spacial score (nSPS) is 15.8. The van der Waals surface area contributed by atoms with Crippen molar-refractivity contribution in [2.24, 2.45) is 5.10 Å². The van der Waals surface area contributed by atoms with Crippen LogP contribution in [0.4, 0.5) is 0 Å². The molecule has 0 unspecified atom stereocenters. The van der Waals surface area contributed by atoms with Crippen LogP contribution in [-0.2, 0) is 4.79 Å². The highest BCUT2D eigenvalue weighted by Gasteiger charge is 2.32. The molecule has 3 rings (SSSR count). The van der Waals surface area contributed by atoms with Gasteiger partial charge in [-0.25, -0.2) is 0 Å². The van der Waals surface area contributed by atoms with Gasteiger partial charge in [0.05, 0.1) is 25.3 Å². The minimum absolute atomic E-state index is 0.273. The average molecular weight is 419 g/mol. The van der Waals surface area contributed by atoms with Crippen LogP contribution < -0.4 is 9.47 Å². The van der Waals surface area contributed by atoms with E-state index < -0.39 is 0 Å². The lowest BCUT2D eigenvalue weighted by atomic mass is 10.2. The van der Waals surface area contributed by atoms with Crippen molar-refractivity contribution in [2.45, 2.75) is 0 Å². The Hall–Kier alpha value is -2.35. The van der Waals surface area contributed by atoms with Gasteiger partial charge in [-0.2, -0.15) is 10.1 Å². The van der Waals surface area contributed by atoms with E-state index in [0.717, 1.165) is 11.1 Å². The number of carbonyl (C=O) groups excluding carboxylic acids is 1. The van der Waals surface area contributed by atoms with E-state index in [4.69, 9.17) is 33.3 Å². The summed E-state index contributed by atoms with van der Waals surface area (Å²) in [4.78, 5) is 13.1. The highest BCUT2D eigenvalue weighted by molar-refractivity contribution is 8.26. The van der Waals surface area contributed by atoms with Crippen LogP contribution in [0.1, 0.15) is 11.1 Å². The molecule has 5 nitrogen and oxygen atoms in total. The maximum Gasteiger partial charge on any atom is 0.286 e. The number of methoxy groups -OCH3 is 2. The van der Waals surface area contributed by atoms with Crippen molar-refractivity contribution in [2.75, 3.05) is 14.2 Å². The molecule has 1 aliphatic heterocycles. The Kier molecular flexibility index (Phi) is 6.15. The topological polar surface area (TPSA) is 51.1 Å². The number of hydrogen-bond acceptors (Lipinski definition) is 6. The van der Waals surface area contributed by atoms with Crippen LogP contribution in [0.2, 0.25) is 5.02 Å². The highest BCUT2D eigenvalue weighted by Crippen LogP contribution is 2.34. The first-order chi connectivity index (χ1) is 13.0. The lowest BCUT2D eigenvalue weighted by Gasteiger charge is -2.08. The standard InChI is InChI=1S/C19H15ClN2O3S2/c1-24-15-8-5-13(9-16(15)25-2)10-17-18(23)22(19(26)27-17)21-11-12-3-6-14(20)7-4-12/h3-11H,1-2H3/b17-10+,21-11+. The SMILES string of the molecule is COc1ccc(/C=C2/SC(=S)N(/N=C/c3ccc(Cl)cc3)C2=O)cc1OC. The highest BCUT2D eigenvalue weighted by atomic mass is 35.5. The number of halogens is 1. The molecule has 0 N–H and O–H groups in total. The van der Waals surface area contributed by atoms with Crippen LogP contribution in [0.5, 0.6) is 11.5 Å². The van der Waals surface area contributed by atoms with Gasteiger partial charge in [-0.1, -0.05) is 41.6 Å². The van der Waals surface area contributed by atoms with E-state index in [-0.39, 0.29) is 5.91 Å². The molecule has 0 aromatic heterocycles. The summed E-state index contributed by atoms with van der Waals surface area (Å²) in [5.41, 5.74) is 1.62. The fourth-order valence-corrected chi connectivity index (χ4v) is 3.63. The zero-order valence-electron chi connectivity index (χ0n) is 14.5. The first-order valence-corrected chi connectivity index (χ1v) is 9.41. The van der Waals surface area contributed by atoms with E-state index in [1.54, 1.807) is 50.8 Å². The van der Waals surface area contributed by atoms with Gasteiger partial charge in [0.1, 0.15) is 0 Å². The molecule has 0 spiro atoms. The van der Waals surface area contributed by atoms with Gasteiger partial charge in [-0.15, -0.1) is 0 Å². The summed E-state index contributed by atoms with van der Waals surface area (Å²) >= 11 is 12.3. The number of nitrogens with zero attached hydrogens (tertiary/aromatic N) is 2. The maximum absolute atomic E-state index is 12.6. The van der Waals surface area contributed by atoms with Gasteiger partial charge in [0, 0.05) is 5.02 Å². The van der Waals surface area contributed by atoms with Crippen molar-refractivity contribution < 1.29 is 14.3 Å². The van der Waals surface area contributed by atoms with E-state index in [0.29, 0.717) is 25.7 Å². The van der Waals surface area contributed by atoms with Crippen LogP contribution in [0, 0.1) is 0 Å². The third kappa shape index (κ3) is 4.50. The Morgan fingerprint density at radius 3 is 2.41 bits per heavy atom. The number of amides is 1. The molecular weight excluding hydrogens is 404 g/mol. The second kappa shape index (κ2) is 8.56. The Balaban J connectivity index is 1.81. The molecule has 1 fully saturated rings. The molecule has 1 saturated heterocycles. The molecule has 8 heteroatoms. The van der Waals surface area contributed by atoms with E-state index >= 15 is 0 Å². The molecule has 1 heterocycles. The van der Waals surface area contributed by atoms with Crippen molar-refractivity contribution in [3.8, 4) is 11.5 Å². The molecule has 27 heavy (non-hydrogen) atoms. The van der Waals surface area contributed by atoms with Gasteiger partial charge in [0.2, 0.25) is 0 Å². The predicted molar refractivity (Wildman–Crippen MR) is 114 cm³/mol. The molecule has 0 atom stereocenters. The molecular formula is C19H15ClN2O3S2. The van der Waals surface area contributed by atoms with Crippen LogP contribution in [0.15, 0.2) is 52.5 Å². The summed E-state index contributed by atoms with van der Waals surface area (Å²) in [5, 5.41) is 6.05. The summed E-state index contributed by atoms with van der Waals surface area (Å²) in [6.07, 6.45) is 3.32. The van der Waals surface area contributed by atoms with Crippen molar-refractivity contribution in [3.63, 3.8) is 0 Å². The fourth-order valence-electron chi connectivity index (χ4n) is 2.33. The third-order valence-electron chi connectivity index (χ3n) is 3.67. The molecule has 0 bridgehead atoms. The molecule has 2 aromatic rings. The Bertz CT molecular complexity index is 942. The lowest BCUT2D eigenvalue weighted by molar-refractivity contribution is -0.122. The van der Waals surface area contributed by atoms with Crippen LogP contribution in [0.25, 0.3) is 6.08 Å². The van der Waals surface area contributed by atoms with Gasteiger partial charge in [0.25, 0.3) is 5.91 Å². The number of thioether (sulfide) groups is 1. The van der Waals surface area contributed by atoms with E-state index in [1.165, 1.54) is 16.8 Å². The fraction of sp³-hybridized carbons (Fsp3) is 0.105. The van der Waals surface area contributed by atoms with E-state index in [9.17, 15) is 4.79 Å². The van der Waals surface area contributed by atoms with E-state index in [1.807, 2.05) is 18.2 Å². The second-order valence-electron chi connectivity index (χ2n) is 5.40. The van der Waals surface area contributed by atoms with Gasteiger partial charge >= 0.3 is 0 Å². The maximum atomic E-state index is 12.6. The number of carbonyl (C=O) groups is 1. The second-order valence-corrected chi connectivity index (χ2v) is 7.52. The summed E-state index contributed by atoms with van der Waals surface area (Å²) in [6, 6.07) is 12.5. The van der Waals surface area contributed by atoms with Gasteiger partial charge < -0.3 is 9.47 Å². The largest absolute Gasteiger partial charge is 0.493 e. The summed E-state index contributed by atoms with van der Waals surface area (Å²) in [6.45, 7) is 0.